The molecule has 1 fully saturated rings. The van der Waals surface area contributed by atoms with Crippen LogP contribution in [0.1, 0.15) is 42.6 Å². The summed E-state index contributed by atoms with van der Waals surface area (Å²) in [4.78, 5) is 24.6. The lowest BCUT2D eigenvalue weighted by atomic mass is 9.89. The second-order valence-corrected chi connectivity index (χ2v) is 6.33. The molecule has 1 aliphatic carbocycles. The predicted molar refractivity (Wildman–Crippen MR) is 92.8 cm³/mol. The monoisotopic (exact) mass is 344 g/mol. The molecular weight excluding hydrogens is 323 g/mol. The molecule has 3 rings (SSSR count). The van der Waals surface area contributed by atoms with E-state index in [1.165, 1.54) is 35.4 Å². The third-order valence-electron chi connectivity index (χ3n) is 4.42. The molecule has 0 atom stereocenters. The van der Waals surface area contributed by atoms with Crippen LogP contribution in [0.25, 0.3) is 0 Å². The number of aromatic nitrogens is 2. The normalized spacial score (nSPS) is 15.0. The van der Waals surface area contributed by atoms with Gasteiger partial charge in [-0.3, -0.25) is 14.3 Å². The van der Waals surface area contributed by atoms with Gasteiger partial charge in [0, 0.05) is 24.7 Å². The van der Waals surface area contributed by atoms with Gasteiger partial charge in [-0.15, -0.1) is 0 Å². The van der Waals surface area contributed by atoms with E-state index in [-0.39, 0.29) is 17.5 Å². The topological polar surface area (TPSA) is 76.0 Å². The molecule has 1 aromatic heterocycles. The van der Waals surface area contributed by atoms with Gasteiger partial charge < -0.3 is 10.6 Å². The van der Waals surface area contributed by atoms with E-state index >= 15 is 0 Å². The van der Waals surface area contributed by atoms with Crippen LogP contribution in [0, 0.1) is 11.7 Å². The largest absolute Gasteiger partial charge is 0.320 e. The van der Waals surface area contributed by atoms with Crippen molar-refractivity contribution in [3.8, 4) is 0 Å². The van der Waals surface area contributed by atoms with Crippen molar-refractivity contribution in [2.24, 2.45) is 13.0 Å². The van der Waals surface area contributed by atoms with E-state index in [1.807, 2.05) is 0 Å². The second-order valence-electron chi connectivity index (χ2n) is 6.33. The number of nitrogens with one attached hydrogen (secondary N) is 2. The van der Waals surface area contributed by atoms with Crippen LogP contribution >= 0.6 is 0 Å². The van der Waals surface area contributed by atoms with E-state index in [0.717, 1.165) is 25.7 Å². The molecule has 0 saturated heterocycles. The van der Waals surface area contributed by atoms with Crippen molar-refractivity contribution in [3.63, 3.8) is 0 Å². The highest BCUT2D eigenvalue weighted by atomic mass is 19.1. The Morgan fingerprint density at radius 1 is 1.16 bits per heavy atom. The van der Waals surface area contributed by atoms with Gasteiger partial charge in [0.25, 0.3) is 5.91 Å². The van der Waals surface area contributed by atoms with Crippen LogP contribution in [0.2, 0.25) is 0 Å². The Bertz CT molecular complexity index is 781. The molecule has 2 N–H and O–H groups in total. The fourth-order valence-electron chi connectivity index (χ4n) is 3.05. The van der Waals surface area contributed by atoms with Gasteiger partial charge in [-0.1, -0.05) is 25.3 Å². The fourth-order valence-corrected chi connectivity index (χ4v) is 3.05. The van der Waals surface area contributed by atoms with E-state index < -0.39 is 11.7 Å². The molecule has 1 saturated carbocycles. The number of amides is 2. The maximum Gasteiger partial charge on any atom is 0.276 e. The minimum absolute atomic E-state index is 0.0215. The summed E-state index contributed by atoms with van der Waals surface area (Å²) in [5.41, 5.74) is 0.508. The first kappa shape index (κ1) is 17.1. The molecule has 132 valence electrons. The van der Waals surface area contributed by atoms with Gasteiger partial charge in [0.2, 0.25) is 5.91 Å². The zero-order valence-corrected chi connectivity index (χ0v) is 14.1. The number of benzene rings is 1. The second kappa shape index (κ2) is 7.46. The first-order valence-electron chi connectivity index (χ1n) is 8.45. The number of carbonyl (C=O) groups excluding carboxylic acids is 2. The molecule has 2 aromatic rings. The van der Waals surface area contributed by atoms with E-state index in [4.69, 9.17) is 0 Å². The number of nitrogens with zero attached hydrogens (tertiary/aromatic N) is 2. The highest BCUT2D eigenvalue weighted by molar-refractivity contribution is 6.04. The molecule has 7 heteroatoms. The molecule has 1 aromatic carbocycles. The van der Waals surface area contributed by atoms with Crippen LogP contribution in [-0.2, 0) is 11.8 Å². The Labute approximate surface area is 145 Å². The number of hydrogen-bond acceptors (Lipinski definition) is 3. The van der Waals surface area contributed by atoms with Gasteiger partial charge in [0.05, 0.1) is 0 Å². The van der Waals surface area contributed by atoms with Gasteiger partial charge in [-0.2, -0.15) is 5.10 Å². The maximum atomic E-state index is 13.2. The molecule has 0 aliphatic heterocycles. The van der Waals surface area contributed by atoms with Crippen LogP contribution in [0.15, 0.2) is 30.3 Å². The van der Waals surface area contributed by atoms with Gasteiger partial charge in [0.1, 0.15) is 11.6 Å². The number of carbonyl (C=O) groups is 2. The summed E-state index contributed by atoms with van der Waals surface area (Å²) in [5.74, 6) is -0.424. The molecule has 0 radical (unpaired) electrons. The van der Waals surface area contributed by atoms with Gasteiger partial charge in [-0.05, 0) is 31.0 Å². The van der Waals surface area contributed by atoms with Crippen LogP contribution < -0.4 is 10.6 Å². The number of hydrogen-bond donors (Lipinski definition) is 2. The standard InChI is InChI=1S/C18H21FN4O2/c1-23-16(21-17(24)12-6-3-2-4-7-12)11-15(22-23)18(25)20-14-9-5-8-13(19)10-14/h5,8-12H,2-4,6-7H2,1H3,(H,20,25)(H,21,24). The van der Waals surface area contributed by atoms with Crippen LogP contribution in [-0.4, -0.2) is 21.6 Å². The van der Waals surface area contributed by atoms with Crippen molar-refractivity contribution in [1.29, 1.82) is 0 Å². The van der Waals surface area contributed by atoms with E-state index in [0.29, 0.717) is 11.5 Å². The van der Waals surface area contributed by atoms with E-state index in [9.17, 15) is 14.0 Å². The van der Waals surface area contributed by atoms with Crippen LogP contribution in [0.3, 0.4) is 0 Å². The van der Waals surface area contributed by atoms with Crippen molar-refractivity contribution < 1.29 is 14.0 Å². The fraction of sp³-hybridized carbons (Fsp3) is 0.389. The van der Waals surface area contributed by atoms with Crippen molar-refractivity contribution in [3.05, 3.63) is 41.8 Å². The smallest absolute Gasteiger partial charge is 0.276 e. The zero-order valence-electron chi connectivity index (χ0n) is 14.1. The Hall–Kier alpha value is -2.70. The molecule has 2 amide bonds. The van der Waals surface area contributed by atoms with Crippen LogP contribution in [0.4, 0.5) is 15.9 Å². The highest BCUT2D eigenvalue weighted by Crippen LogP contribution is 2.25. The lowest BCUT2D eigenvalue weighted by Crippen LogP contribution is -2.25. The molecule has 0 unspecified atom stereocenters. The maximum absolute atomic E-state index is 13.2. The minimum Gasteiger partial charge on any atom is -0.320 e. The summed E-state index contributed by atoms with van der Waals surface area (Å²) >= 11 is 0. The van der Waals surface area contributed by atoms with Crippen molar-refractivity contribution in [1.82, 2.24) is 9.78 Å². The quantitative estimate of drug-likeness (QED) is 0.893. The van der Waals surface area contributed by atoms with E-state index in [2.05, 4.69) is 15.7 Å². The number of rotatable bonds is 4. The minimum atomic E-state index is -0.459. The molecule has 1 aliphatic rings. The molecular formula is C18H21FN4O2. The highest BCUT2D eigenvalue weighted by Gasteiger charge is 2.22. The third-order valence-corrected chi connectivity index (χ3v) is 4.42. The van der Waals surface area contributed by atoms with Crippen molar-refractivity contribution >= 4 is 23.3 Å². The van der Waals surface area contributed by atoms with Gasteiger partial charge >= 0.3 is 0 Å². The Kier molecular flexibility index (Phi) is 5.11. The SMILES string of the molecule is Cn1nc(C(=O)Nc2cccc(F)c2)cc1NC(=O)C1CCCCC1. The summed E-state index contributed by atoms with van der Waals surface area (Å²) in [5, 5.41) is 9.56. The average molecular weight is 344 g/mol. The molecule has 25 heavy (non-hydrogen) atoms. The number of anilines is 2. The third kappa shape index (κ3) is 4.23. The van der Waals surface area contributed by atoms with Gasteiger partial charge in [-0.25, -0.2) is 4.39 Å². The Morgan fingerprint density at radius 3 is 2.64 bits per heavy atom. The van der Waals surface area contributed by atoms with Gasteiger partial charge in [0.15, 0.2) is 5.69 Å². The summed E-state index contributed by atoms with van der Waals surface area (Å²) in [6.07, 6.45) is 5.13. The molecule has 0 spiro atoms. The average Bonchev–Trinajstić information content (AvgIpc) is 2.96. The van der Waals surface area contributed by atoms with Crippen molar-refractivity contribution in [2.45, 2.75) is 32.1 Å². The van der Waals surface area contributed by atoms with Crippen LogP contribution in [0.5, 0.6) is 0 Å². The lowest BCUT2D eigenvalue weighted by molar-refractivity contribution is -0.120. The Balaban J connectivity index is 1.66. The molecule has 1 heterocycles. The Morgan fingerprint density at radius 2 is 1.92 bits per heavy atom. The molecule has 0 bridgehead atoms. The summed E-state index contributed by atoms with van der Waals surface area (Å²) in [7, 11) is 1.66. The predicted octanol–water partition coefficient (Wildman–Crippen LogP) is 3.33. The summed E-state index contributed by atoms with van der Waals surface area (Å²) in [6.45, 7) is 0. The number of halogens is 1. The van der Waals surface area contributed by atoms with E-state index in [1.54, 1.807) is 13.1 Å². The zero-order chi connectivity index (χ0) is 17.8. The number of aryl methyl sites for hydroxylation is 1. The summed E-state index contributed by atoms with van der Waals surface area (Å²) in [6, 6.07) is 7.16. The molecule has 6 nitrogen and oxygen atoms in total. The summed E-state index contributed by atoms with van der Waals surface area (Å²) < 4.78 is 14.6. The van der Waals surface area contributed by atoms with Crippen molar-refractivity contribution in [2.75, 3.05) is 10.6 Å². The first-order valence-corrected chi connectivity index (χ1v) is 8.45. The first-order chi connectivity index (χ1) is 12.0. The lowest BCUT2D eigenvalue weighted by Gasteiger charge is -2.20.